The molecule has 6 aliphatic rings. The van der Waals surface area contributed by atoms with Gasteiger partial charge >= 0.3 is 12.3 Å². The normalized spacial score (nSPS) is 25.9. The number of halogens is 3. The van der Waals surface area contributed by atoms with Crippen LogP contribution in [-0.2, 0) is 51.1 Å². The monoisotopic (exact) mass is 1190 g/mol. The predicted octanol–water partition coefficient (Wildman–Crippen LogP) is 10.2. The van der Waals surface area contributed by atoms with Crippen molar-refractivity contribution in [1.82, 2.24) is 36.0 Å². The Hall–Kier alpha value is -5.31. The van der Waals surface area contributed by atoms with Gasteiger partial charge in [0.25, 0.3) is 0 Å². The number of nitrogens with zero attached hydrogens (tertiary/aromatic N) is 3. The van der Waals surface area contributed by atoms with E-state index < -0.39 is 65.7 Å². The first-order valence-electron chi connectivity index (χ1n) is 29.1. The smallest absolute Gasteiger partial charge is 0.444 e. The van der Waals surface area contributed by atoms with Gasteiger partial charge in [-0.05, 0) is 143 Å². The summed E-state index contributed by atoms with van der Waals surface area (Å²) in [5, 5.41) is 12.3. The molecule has 0 bridgehead atoms. The zero-order valence-corrected chi connectivity index (χ0v) is 51.2. The van der Waals surface area contributed by atoms with Gasteiger partial charge in [-0.15, -0.1) is 23.5 Å². The number of thioether (sulfide) groups is 2. The minimum Gasteiger partial charge on any atom is -0.444 e. The van der Waals surface area contributed by atoms with Gasteiger partial charge < -0.3 is 35.8 Å². The van der Waals surface area contributed by atoms with Crippen molar-refractivity contribution < 1.29 is 57.6 Å². The number of aryl methyl sites for hydroxylation is 2. The maximum atomic E-state index is 14.0. The molecule has 2 aliphatic carbocycles. The van der Waals surface area contributed by atoms with E-state index in [9.17, 15) is 46.7 Å². The number of rotatable bonds is 10. The second kappa shape index (κ2) is 29.5. The molecule has 4 heterocycles. The van der Waals surface area contributed by atoms with Gasteiger partial charge in [-0.3, -0.25) is 38.5 Å². The highest BCUT2D eigenvalue weighted by Gasteiger charge is 2.56. The largest absolute Gasteiger partial charge is 0.446 e. The molecular formula is C61H92F3N7O9S2. The van der Waals surface area contributed by atoms with Crippen molar-refractivity contribution in [2.75, 3.05) is 18.6 Å². The van der Waals surface area contributed by atoms with Crippen LogP contribution >= 0.6 is 23.5 Å². The lowest BCUT2D eigenvalue weighted by atomic mass is 9.83. The van der Waals surface area contributed by atoms with Gasteiger partial charge in [0.1, 0.15) is 37.2 Å². The van der Waals surface area contributed by atoms with Gasteiger partial charge in [0.15, 0.2) is 0 Å². The fourth-order valence-corrected chi connectivity index (χ4v) is 14.6. The van der Waals surface area contributed by atoms with E-state index in [1.54, 1.807) is 61.0 Å². The number of amides is 7. The molecule has 4 N–H and O–H groups in total. The third-order valence-electron chi connectivity index (χ3n) is 15.9. The molecule has 0 spiro atoms. The van der Waals surface area contributed by atoms with Crippen molar-refractivity contribution >= 4 is 71.3 Å². The van der Waals surface area contributed by atoms with Crippen LogP contribution in [0.5, 0.6) is 0 Å². The van der Waals surface area contributed by atoms with Crippen molar-refractivity contribution in [3.63, 3.8) is 0 Å². The van der Waals surface area contributed by atoms with Gasteiger partial charge in [-0.2, -0.15) is 13.2 Å². The van der Waals surface area contributed by atoms with Crippen LogP contribution in [0.2, 0.25) is 0 Å². The Kier molecular flexibility index (Phi) is 24.3. The van der Waals surface area contributed by atoms with Crippen LogP contribution in [0.15, 0.2) is 48.5 Å². The number of fused-ring (bicyclic) bond motifs is 4. The topological polar surface area (TPSA) is 204 Å². The maximum absolute atomic E-state index is 14.0. The molecule has 82 heavy (non-hydrogen) atoms. The zero-order chi connectivity index (χ0) is 61.2. The van der Waals surface area contributed by atoms with E-state index >= 15 is 0 Å². The van der Waals surface area contributed by atoms with Crippen molar-refractivity contribution in [2.24, 2.45) is 16.7 Å². The number of alkyl halides is 3. The molecule has 2 unspecified atom stereocenters. The van der Waals surface area contributed by atoms with Gasteiger partial charge in [-0.1, -0.05) is 111 Å². The summed E-state index contributed by atoms with van der Waals surface area (Å²) >= 11 is 3.40. The van der Waals surface area contributed by atoms with Gasteiger partial charge in [0.2, 0.25) is 41.7 Å². The molecule has 16 nitrogen and oxygen atoms in total. The summed E-state index contributed by atoms with van der Waals surface area (Å²) < 4.78 is 42.8. The highest BCUT2D eigenvalue weighted by Crippen LogP contribution is 2.48. The Bertz CT molecular complexity index is 2620. The number of carbonyl (C=O) groups excluding carboxylic acids is 8. The average Bonchev–Trinajstić information content (AvgIpc) is 2.08. The van der Waals surface area contributed by atoms with E-state index in [0.29, 0.717) is 25.0 Å². The van der Waals surface area contributed by atoms with E-state index in [0.717, 1.165) is 62.7 Å². The number of hydrogen-bond donors (Lipinski definition) is 4. The van der Waals surface area contributed by atoms with E-state index in [2.05, 4.69) is 65.4 Å². The number of benzene rings is 2. The summed E-state index contributed by atoms with van der Waals surface area (Å²) in [7, 11) is 1.51. The van der Waals surface area contributed by atoms with Crippen molar-refractivity contribution in [2.45, 2.75) is 226 Å². The molecule has 4 saturated heterocycles. The highest BCUT2D eigenvalue weighted by atomic mass is 32.2. The quantitative estimate of drug-likeness (QED) is 0.165. The average molecular weight is 1190 g/mol. The van der Waals surface area contributed by atoms with Crippen LogP contribution in [0.4, 0.5) is 18.0 Å². The van der Waals surface area contributed by atoms with Crippen molar-refractivity contribution in [3.8, 4) is 0 Å². The Morgan fingerprint density at radius 1 is 0.720 bits per heavy atom. The predicted molar refractivity (Wildman–Crippen MR) is 317 cm³/mol. The third kappa shape index (κ3) is 17.4. The minimum absolute atomic E-state index is 0. The minimum atomic E-state index is -4.97. The molecule has 21 heteroatoms. The number of aldehydes is 1. The molecule has 7 amide bonds. The summed E-state index contributed by atoms with van der Waals surface area (Å²) in [6.07, 6.45) is 1.03. The lowest BCUT2D eigenvalue weighted by Crippen LogP contribution is -2.58. The molecule has 2 aromatic carbocycles. The SMILES string of the molecule is C.CC.CC[C@@H](C)C(=O)N[C@H]1CCS[C@H]2CC(C)(C)C(C(=O)N[C@@H]3CCCc4ccccc43)N2C1=O.C[C@@H](C(=O)N[C@H]1CCS[C@H]2CC(C)(C)C(C(=O)N[C@@H]3CCCc4ccccc43)N2C1=O)N(C)C(=O)OC(C)(C)C.[2H]C(=O)C(F)(F)F. The van der Waals surface area contributed by atoms with Crippen LogP contribution in [-0.4, -0.2) is 134 Å². The third-order valence-corrected chi connectivity index (χ3v) is 18.4. The lowest BCUT2D eigenvalue weighted by Gasteiger charge is -2.36. The Labute approximate surface area is 494 Å². The molecule has 4 aliphatic heterocycles. The fourth-order valence-electron chi connectivity index (χ4n) is 11.5. The highest BCUT2D eigenvalue weighted by molar-refractivity contribution is 8.00. The summed E-state index contributed by atoms with van der Waals surface area (Å²) in [5.41, 5.74) is 3.45. The van der Waals surface area contributed by atoms with Gasteiger partial charge in [0, 0.05) is 13.0 Å². The number of hydrogen-bond acceptors (Lipinski definition) is 11. The molecule has 2 aromatic rings. The summed E-state index contributed by atoms with van der Waals surface area (Å²) in [6.45, 7) is 23.0. The number of nitrogens with one attached hydrogen (secondary N) is 4. The Balaban J connectivity index is 0.000000312. The second-order valence-corrected chi connectivity index (χ2v) is 26.6. The first kappa shape index (κ1) is 67.5. The van der Waals surface area contributed by atoms with Crippen molar-refractivity contribution in [1.29, 1.82) is 0 Å². The Morgan fingerprint density at radius 3 is 1.49 bits per heavy atom. The van der Waals surface area contributed by atoms with Crippen molar-refractivity contribution in [3.05, 3.63) is 70.8 Å². The molecule has 8 rings (SSSR count). The van der Waals surface area contributed by atoms with E-state index in [-0.39, 0.29) is 71.1 Å². The van der Waals surface area contributed by atoms with E-state index in [1.165, 1.54) is 28.6 Å². The van der Waals surface area contributed by atoms with E-state index in [1.807, 2.05) is 59.7 Å². The molecule has 458 valence electrons. The second-order valence-electron chi connectivity index (χ2n) is 24.0. The van der Waals surface area contributed by atoms with Crippen LogP contribution in [0.3, 0.4) is 0 Å². The van der Waals surface area contributed by atoms with Crippen LogP contribution in [0, 0.1) is 16.7 Å². The van der Waals surface area contributed by atoms with Crippen LogP contribution in [0.1, 0.15) is 184 Å². The number of likely N-dealkylation sites (N-methyl/N-ethyl adjacent to an activating group) is 1. The molecule has 4 fully saturated rings. The molecule has 0 radical (unpaired) electrons. The summed E-state index contributed by atoms with van der Waals surface area (Å²) in [4.78, 5) is 107. The fraction of sp³-hybridized carbons (Fsp3) is 0.672. The van der Waals surface area contributed by atoms with Gasteiger partial charge in [0.05, 0.1) is 22.8 Å². The summed E-state index contributed by atoms with van der Waals surface area (Å²) in [6, 6.07) is 13.1. The van der Waals surface area contributed by atoms with Crippen LogP contribution in [0.25, 0.3) is 0 Å². The molecule has 0 saturated carbocycles. The zero-order valence-electron chi connectivity index (χ0n) is 50.6. The first-order chi connectivity index (χ1) is 38.4. The number of ether oxygens (including phenoxy) is 1. The van der Waals surface area contributed by atoms with Crippen LogP contribution < -0.4 is 21.3 Å². The Morgan fingerprint density at radius 2 is 1.11 bits per heavy atom. The van der Waals surface area contributed by atoms with Gasteiger partial charge in [-0.25, -0.2) is 4.79 Å². The van der Waals surface area contributed by atoms with E-state index in [4.69, 9.17) is 10.9 Å². The summed E-state index contributed by atoms with van der Waals surface area (Å²) in [5.74, 6) is 0.228. The maximum Gasteiger partial charge on any atom is 0.446 e. The molecular weight excluding hydrogens is 1100 g/mol. The number of carbonyl (C=O) groups is 8. The standard InChI is InChI=1S/C30H44N4O5S.C26H37N3O3S.C2HF3O.C2H6.CH4/c1-18(33(7)28(38)39-29(2,3)4)25(35)32-22-15-16-40-23-17-30(5,6)24(34(23)27(22)37)26(36)31-21-14-10-12-19-11-8-9-13-20(19)21;1-5-16(2)23(30)28-20-13-14-33-21-15-26(3,4)22(29(21)25(20)32)24(31)27-19-12-8-10-17-9-6-7-11-18(17)19;3-2(4,5)1-6;1-2;/h8-9,11,13,18,21-24H,10,12,14-17H2,1-7H3,(H,31,36)(H,32,35);6-7,9,11,16,19-22H,5,8,10,12-15H2,1-4H3,(H,27,31)(H,28,30);1H;1-2H3;1H4/t18-,21+,22-,23-,24?;16-,19-,20+,21+,22?;;;/m01.../s1/i;;1D;;. The molecule has 10 atom stereocenters. The first-order valence-corrected chi connectivity index (χ1v) is 30.7. The lowest BCUT2D eigenvalue weighted by molar-refractivity contribution is -0.156. The molecule has 0 aromatic heterocycles.